The molecule has 0 aliphatic rings. The molecule has 0 bridgehead atoms. The highest BCUT2D eigenvalue weighted by Crippen LogP contribution is 2.14. The van der Waals surface area contributed by atoms with Crippen molar-refractivity contribution < 1.29 is 0 Å². The number of hydrogen-bond donors (Lipinski definition) is 0. The molecule has 0 aliphatic heterocycles. The average Bonchev–Trinajstić information content (AvgIpc) is 2.34. The number of fused-ring (bicyclic) bond motifs is 1. The van der Waals surface area contributed by atoms with Gasteiger partial charge in [0.2, 0.25) is 0 Å². The molecule has 0 N–H and O–H groups in total. The molecule has 0 amide bonds. The Kier molecular flexibility index (Phi) is 1.42. The molecule has 0 spiro atoms. The van der Waals surface area contributed by atoms with Crippen molar-refractivity contribution in [1.82, 2.24) is 14.6 Å². The van der Waals surface area contributed by atoms with Crippen LogP contribution in [0, 0.1) is 6.92 Å². The molecule has 0 fully saturated rings. The predicted molar refractivity (Wildman–Crippen MR) is 45.4 cm³/mol. The second-order valence-corrected chi connectivity index (χ2v) is 3.09. The summed E-state index contributed by atoms with van der Waals surface area (Å²) in [6, 6.07) is 1.91. The zero-order chi connectivity index (χ0) is 7.84. The first-order valence-electron chi connectivity index (χ1n) is 3.24. The average molecular weight is 212 g/mol. The van der Waals surface area contributed by atoms with Crippen LogP contribution < -0.4 is 0 Å². The number of rotatable bonds is 0. The maximum Gasteiger partial charge on any atom is 0.132 e. The van der Waals surface area contributed by atoms with Gasteiger partial charge in [-0.25, -0.2) is 9.50 Å². The van der Waals surface area contributed by atoms with Crippen LogP contribution in [-0.4, -0.2) is 14.6 Å². The van der Waals surface area contributed by atoms with Crippen LogP contribution in [-0.2, 0) is 0 Å². The highest BCUT2D eigenvalue weighted by molar-refractivity contribution is 9.10. The van der Waals surface area contributed by atoms with Crippen LogP contribution in [0.25, 0.3) is 5.52 Å². The van der Waals surface area contributed by atoms with E-state index in [1.54, 1.807) is 10.7 Å². The van der Waals surface area contributed by atoms with Gasteiger partial charge in [-0.2, -0.15) is 5.10 Å². The first-order valence-corrected chi connectivity index (χ1v) is 4.03. The molecule has 4 heteroatoms. The maximum atomic E-state index is 4.23. The number of halogens is 1. The summed E-state index contributed by atoms with van der Waals surface area (Å²) in [4.78, 5) is 4.23. The molecule has 11 heavy (non-hydrogen) atoms. The van der Waals surface area contributed by atoms with Crippen LogP contribution in [0.2, 0.25) is 0 Å². The van der Waals surface area contributed by atoms with E-state index in [1.807, 2.05) is 19.2 Å². The Balaban J connectivity index is 2.91. The quantitative estimate of drug-likeness (QED) is 0.666. The molecule has 0 saturated carbocycles. The van der Waals surface area contributed by atoms with Crippen molar-refractivity contribution in [3.05, 3.63) is 28.8 Å². The fourth-order valence-corrected chi connectivity index (χ4v) is 1.59. The molecule has 56 valence electrons. The van der Waals surface area contributed by atoms with Crippen molar-refractivity contribution in [2.45, 2.75) is 6.92 Å². The van der Waals surface area contributed by atoms with Crippen molar-refractivity contribution in [1.29, 1.82) is 0 Å². The minimum absolute atomic E-state index is 0.843. The largest absolute Gasteiger partial charge is 0.242 e. The molecule has 0 aliphatic carbocycles. The molecule has 2 aromatic heterocycles. The number of nitrogens with zero attached hydrogens (tertiary/aromatic N) is 3. The second-order valence-electron chi connectivity index (χ2n) is 2.33. The number of aromatic nitrogens is 3. The Morgan fingerprint density at radius 1 is 1.55 bits per heavy atom. The molecular weight excluding hydrogens is 206 g/mol. The van der Waals surface area contributed by atoms with Gasteiger partial charge in [0.15, 0.2) is 0 Å². The monoisotopic (exact) mass is 211 g/mol. The smallest absolute Gasteiger partial charge is 0.132 e. The highest BCUT2D eigenvalue weighted by Gasteiger charge is 1.99. The SMILES string of the molecule is Cc1cn2nccc2c(Br)n1. The second kappa shape index (κ2) is 2.30. The molecule has 2 aromatic rings. The Morgan fingerprint density at radius 3 is 3.18 bits per heavy atom. The van der Waals surface area contributed by atoms with E-state index in [4.69, 9.17) is 0 Å². The van der Waals surface area contributed by atoms with E-state index >= 15 is 0 Å². The molecule has 0 atom stereocenters. The first-order chi connectivity index (χ1) is 5.27. The fourth-order valence-electron chi connectivity index (χ4n) is 0.998. The van der Waals surface area contributed by atoms with Crippen molar-refractivity contribution >= 4 is 21.4 Å². The zero-order valence-corrected chi connectivity index (χ0v) is 7.54. The predicted octanol–water partition coefficient (Wildman–Crippen LogP) is 1.80. The van der Waals surface area contributed by atoms with Crippen molar-refractivity contribution in [2.75, 3.05) is 0 Å². The minimum Gasteiger partial charge on any atom is -0.242 e. The Bertz CT molecular complexity index is 393. The van der Waals surface area contributed by atoms with E-state index in [0.29, 0.717) is 0 Å². The minimum atomic E-state index is 0.843. The van der Waals surface area contributed by atoms with Gasteiger partial charge in [-0.05, 0) is 28.9 Å². The summed E-state index contributed by atoms with van der Waals surface area (Å²) in [5.74, 6) is 0. The lowest BCUT2D eigenvalue weighted by atomic mass is 10.5. The summed E-state index contributed by atoms with van der Waals surface area (Å²) in [7, 11) is 0. The third-order valence-electron chi connectivity index (χ3n) is 1.47. The molecule has 0 aromatic carbocycles. The van der Waals surface area contributed by atoms with Gasteiger partial charge >= 0.3 is 0 Å². The molecule has 0 radical (unpaired) electrons. The standard InChI is InChI=1S/C7H6BrN3/c1-5-4-11-6(2-3-9-11)7(8)10-5/h2-4H,1H3. The Hall–Kier alpha value is -0.900. The summed E-state index contributed by atoms with van der Waals surface area (Å²) < 4.78 is 2.64. The summed E-state index contributed by atoms with van der Waals surface area (Å²) in [5.41, 5.74) is 1.95. The summed E-state index contributed by atoms with van der Waals surface area (Å²) in [6.07, 6.45) is 3.64. The van der Waals surface area contributed by atoms with E-state index in [-0.39, 0.29) is 0 Å². The molecule has 2 rings (SSSR count). The summed E-state index contributed by atoms with van der Waals surface area (Å²) in [5, 5.41) is 4.09. The third kappa shape index (κ3) is 1.03. The topological polar surface area (TPSA) is 30.2 Å². The van der Waals surface area contributed by atoms with Crippen LogP contribution >= 0.6 is 15.9 Å². The van der Waals surface area contributed by atoms with Gasteiger partial charge in [0.05, 0.1) is 23.6 Å². The van der Waals surface area contributed by atoms with Crippen molar-refractivity contribution in [3.63, 3.8) is 0 Å². The van der Waals surface area contributed by atoms with Gasteiger partial charge in [0.25, 0.3) is 0 Å². The van der Waals surface area contributed by atoms with Gasteiger partial charge in [0, 0.05) is 0 Å². The highest BCUT2D eigenvalue weighted by atomic mass is 79.9. The number of hydrogen-bond acceptors (Lipinski definition) is 2. The van der Waals surface area contributed by atoms with Gasteiger partial charge in [-0.15, -0.1) is 0 Å². The van der Waals surface area contributed by atoms with E-state index < -0.39 is 0 Å². The summed E-state index contributed by atoms with van der Waals surface area (Å²) >= 11 is 3.35. The molecule has 2 heterocycles. The Labute approximate surface area is 72.2 Å². The van der Waals surface area contributed by atoms with E-state index in [9.17, 15) is 0 Å². The fraction of sp³-hybridized carbons (Fsp3) is 0.143. The zero-order valence-electron chi connectivity index (χ0n) is 5.95. The lowest BCUT2D eigenvalue weighted by Crippen LogP contribution is -1.92. The molecular formula is C7H6BrN3. The molecule has 3 nitrogen and oxygen atoms in total. The first kappa shape index (κ1) is 6.79. The van der Waals surface area contributed by atoms with Gasteiger partial charge < -0.3 is 0 Å². The van der Waals surface area contributed by atoms with Crippen LogP contribution in [0.3, 0.4) is 0 Å². The lowest BCUT2D eigenvalue weighted by molar-refractivity contribution is 0.921. The van der Waals surface area contributed by atoms with E-state index in [1.165, 1.54) is 0 Å². The van der Waals surface area contributed by atoms with Crippen molar-refractivity contribution in [3.8, 4) is 0 Å². The van der Waals surface area contributed by atoms with Gasteiger partial charge in [-0.3, -0.25) is 0 Å². The Morgan fingerprint density at radius 2 is 2.36 bits per heavy atom. The van der Waals surface area contributed by atoms with Crippen LogP contribution in [0.4, 0.5) is 0 Å². The van der Waals surface area contributed by atoms with E-state index in [2.05, 4.69) is 26.0 Å². The maximum absolute atomic E-state index is 4.23. The number of aryl methyl sites for hydroxylation is 1. The van der Waals surface area contributed by atoms with Crippen LogP contribution in [0.15, 0.2) is 23.1 Å². The van der Waals surface area contributed by atoms with Crippen LogP contribution in [0.5, 0.6) is 0 Å². The van der Waals surface area contributed by atoms with Gasteiger partial charge in [0.1, 0.15) is 4.60 Å². The third-order valence-corrected chi connectivity index (χ3v) is 2.05. The van der Waals surface area contributed by atoms with Crippen molar-refractivity contribution in [2.24, 2.45) is 0 Å². The summed E-state index contributed by atoms with van der Waals surface area (Å²) in [6.45, 7) is 1.94. The van der Waals surface area contributed by atoms with E-state index in [0.717, 1.165) is 15.8 Å². The van der Waals surface area contributed by atoms with Crippen LogP contribution in [0.1, 0.15) is 5.69 Å². The molecule has 0 saturated heterocycles. The normalized spacial score (nSPS) is 10.7. The lowest BCUT2D eigenvalue weighted by Gasteiger charge is -1.96. The van der Waals surface area contributed by atoms with Gasteiger partial charge in [-0.1, -0.05) is 0 Å². The molecule has 0 unspecified atom stereocenters.